The number of hydrogen-bond donors (Lipinski definition) is 1. The van der Waals surface area contributed by atoms with Gasteiger partial charge in [0.15, 0.2) is 0 Å². The number of nitrogens with zero attached hydrogens (tertiary/aromatic N) is 1. The summed E-state index contributed by atoms with van der Waals surface area (Å²) in [4.78, 5) is 26.8. The molecule has 1 N–H and O–H groups in total. The Labute approximate surface area is 194 Å². The SMILES string of the molecule is CCC(=O)NC1(C)CC(C(=O)N2CCC3(CC2)CC(c2cc(C(C)(C)C)ccc2C)C3)C1. The predicted octanol–water partition coefficient (Wildman–Crippen LogP) is 5.47. The molecule has 1 aromatic rings. The number of hydrogen-bond acceptors (Lipinski definition) is 2. The molecule has 1 aliphatic heterocycles. The second-order valence-corrected chi connectivity index (χ2v) is 12.3. The molecule has 4 heteroatoms. The molecule has 4 nitrogen and oxygen atoms in total. The fourth-order valence-corrected chi connectivity index (χ4v) is 6.35. The van der Waals surface area contributed by atoms with Crippen LogP contribution in [-0.4, -0.2) is 35.3 Å². The van der Waals surface area contributed by atoms with E-state index < -0.39 is 0 Å². The molecule has 1 aromatic carbocycles. The number of likely N-dealkylation sites (tertiary alicyclic amines) is 1. The molecule has 2 saturated carbocycles. The molecule has 2 aliphatic carbocycles. The molecule has 2 amide bonds. The van der Waals surface area contributed by atoms with Crippen molar-refractivity contribution in [1.82, 2.24) is 10.2 Å². The van der Waals surface area contributed by atoms with Crippen molar-refractivity contribution in [2.75, 3.05) is 13.1 Å². The van der Waals surface area contributed by atoms with Crippen LogP contribution in [0.2, 0.25) is 0 Å². The van der Waals surface area contributed by atoms with E-state index in [1.807, 2.05) is 6.92 Å². The first-order chi connectivity index (χ1) is 14.9. The van der Waals surface area contributed by atoms with Gasteiger partial charge in [0, 0.05) is 31.0 Å². The number of aryl methyl sites for hydroxylation is 1. The minimum atomic E-state index is -0.189. The van der Waals surface area contributed by atoms with Gasteiger partial charge in [-0.3, -0.25) is 9.59 Å². The van der Waals surface area contributed by atoms with Gasteiger partial charge in [0.1, 0.15) is 0 Å². The third kappa shape index (κ3) is 4.47. The highest BCUT2D eigenvalue weighted by Crippen LogP contribution is 2.57. The van der Waals surface area contributed by atoms with Crippen molar-refractivity contribution in [2.24, 2.45) is 11.3 Å². The molecule has 4 rings (SSSR count). The van der Waals surface area contributed by atoms with Gasteiger partial charge in [0.05, 0.1) is 0 Å². The lowest BCUT2D eigenvalue weighted by molar-refractivity contribution is -0.146. The van der Waals surface area contributed by atoms with Crippen LogP contribution in [0.3, 0.4) is 0 Å². The van der Waals surface area contributed by atoms with Gasteiger partial charge < -0.3 is 10.2 Å². The molecule has 0 bridgehead atoms. The van der Waals surface area contributed by atoms with Crippen LogP contribution < -0.4 is 5.32 Å². The standard InChI is InChI=1S/C28H42N2O2/c1-7-24(31)29-27(6)15-21(16-27)25(32)30-12-10-28(11-13-30)17-20(18-28)23-14-22(26(3,4)5)9-8-19(23)2/h8-9,14,20-21H,7,10-13,15-18H2,1-6H3,(H,29,31). The Hall–Kier alpha value is -1.84. The maximum atomic E-state index is 13.0. The highest BCUT2D eigenvalue weighted by atomic mass is 16.2. The lowest BCUT2D eigenvalue weighted by Crippen LogP contribution is -2.59. The van der Waals surface area contributed by atoms with Crippen molar-refractivity contribution in [3.63, 3.8) is 0 Å². The van der Waals surface area contributed by atoms with Crippen molar-refractivity contribution in [2.45, 2.75) is 103 Å². The average molecular weight is 439 g/mol. The quantitative estimate of drug-likeness (QED) is 0.677. The molecule has 0 aromatic heterocycles. The Morgan fingerprint density at radius 2 is 1.72 bits per heavy atom. The molecular weight excluding hydrogens is 396 g/mol. The molecule has 1 saturated heterocycles. The van der Waals surface area contributed by atoms with Gasteiger partial charge in [0.2, 0.25) is 11.8 Å². The Kier molecular flexibility index (Phi) is 5.96. The summed E-state index contributed by atoms with van der Waals surface area (Å²) in [6.45, 7) is 14.9. The summed E-state index contributed by atoms with van der Waals surface area (Å²) in [5.41, 5.74) is 4.84. The Bertz CT molecular complexity index is 875. The fraction of sp³-hybridized carbons (Fsp3) is 0.714. The van der Waals surface area contributed by atoms with Gasteiger partial charge in [-0.15, -0.1) is 0 Å². The number of amides is 2. The van der Waals surface area contributed by atoms with Gasteiger partial charge in [-0.1, -0.05) is 45.9 Å². The van der Waals surface area contributed by atoms with E-state index in [1.165, 1.54) is 24.0 Å². The van der Waals surface area contributed by atoms with E-state index in [4.69, 9.17) is 0 Å². The second kappa shape index (κ2) is 8.18. The monoisotopic (exact) mass is 438 g/mol. The van der Waals surface area contributed by atoms with E-state index in [-0.39, 0.29) is 22.8 Å². The fourth-order valence-electron chi connectivity index (χ4n) is 6.35. The van der Waals surface area contributed by atoms with E-state index >= 15 is 0 Å². The summed E-state index contributed by atoms with van der Waals surface area (Å²) in [6, 6.07) is 7.05. The third-order valence-electron chi connectivity index (χ3n) is 8.59. The van der Waals surface area contributed by atoms with E-state index in [1.54, 1.807) is 5.56 Å². The molecule has 176 valence electrons. The summed E-state index contributed by atoms with van der Waals surface area (Å²) < 4.78 is 0. The maximum Gasteiger partial charge on any atom is 0.225 e. The molecule has 3 fully saturated rings. The van der Waals surface area contributed by atoms with E-state index in [2.05, 4.69) is 63.0 Å². The molecule has 3 aliphatic rings. The molecule has 1 heterocycles. The smallest absolute Gasteiger partial charge is 0.225 e. The van der Waals surface area contributed by atoms with Crippen LogP contribution in [0.4, 0.5) is 0 Å². The minimum Gasteiger partial charge on any atom is -0.351 e. The molecular formula is C28H42N2O2. The largest absolute Gasteiger partial charge is 0.351 e. The van der Waals surface area contributed by atoms with Crippen molar-refractivity contribution in [3.8, 4) is 0 Å². The third-order valence-corrected chi connectivity index (χ3v) is 8.59. The zero-order chi connectivity index (χ0) is 23.3. The van der Waals surface area contributed by atoms with Crippen LogP contribution in [0.25, 0.3) is 0 Å². The summed E-state index contributed by atoms with van der Waals surface area (Å²) in [7, 11) is 0. The van der Waals surface area contributed by atoms with Gasteiger partial charge >= 0.3 is 0 Å². The van der Waals surface area contributed by atoms with Crippen LogP contribution >= 0.6 is 0 Å². The number of carbonyl (C=O) groups excluding carboxylic acids is 2. The van der Waals surface area contributed by atoms with Crippen LogP contribution in [-0.2, 0) is 15.0 Å². The topological polar surface area (TPSA) is 49.4 Å². The average Bonchev–Trinajstić information content (AvgIpc) is 2.69. The molecule has 32 heavy (non-hydrogen) atoms. The maximum absolute atomic E-state index is 13.0. The first-order valence-electron chi connectivity index (χ1n) is 12.6. The lowest BCUT2D eigenvalue weighted by Gasteiger charge is -2.54. The summed E-state index contributed by atoms with van der Waals surface area (Å²) in [5, 5.41) is 3.09. The number of rotatable bonds is 4. The number of carbonyl (C=O) groups is 2. The van der Waals surface area contributed by atoms with Crippen LogP contribution in [0.1, 0.15) is 102 Å². The Morgan fingerprint density at radius 1 is 1.09 bits per heavy atom. The van der Waals surface area contributed by atoms with Crippen molar-refractivity contribution in [3.05, 3.63) is 34.9 Å². The second-order valence-electron chi connectivity index (χ2n) is 12.3. The number of nitrogens with one attached hydrogen (secondary N) is 1. The molecule has 0 atom stereocenters. The Balaban J connectivity index is 1.29. The van der Waals surface area contributed by atoms with Crippen LogP contribution in [0, 0.1) is 18.3 Å². The van der Waals surface area contributed by atoms with Gasteiger partial charge in [-0.2, -0.15) is 0 Å². The zero-order valence-corrected chi connectivity index (χ0v) is 21.0. The van der Waals surface area contributed by atoms with E-state index in [0.717, 1.165) is 38.8 Å². The lowest BCUT2D eigenvalue weighted by atomic mass is 9.55. The van der Waals surface area contributed by atoms with Gasteiger partial charge in [-0.05, 0) is 85.8 Å². The van der Waals surface area contributed by atoms with Crippen LogP contribution in [0.5, 0.6) is 0 Å². The molecule has 1 spiro atoms. The Morgan fingerprint density at radius 3 is 2.28 bits per heavy atom. The number of benzene rings is 1. The van der Waals surface area contributed by atoms with Crippen molar-refractivity contribution in [1.29, 1.82) is 0 Å². The minimum absolute atomic E-state index is 0.0844. The van der Waals surface area contributed by atoms with E-state index in [0.29, 0.717) is 23.7 Å². The first-order valence-corrected chi connectivity index (χ1v) is 12.6. The normalized spacial score (nSPS) is 27.6. The predicted molar refractivity (Wildman–Crippen MR) is 130 cm³/mol. The summed E-state index contributed by atoms with van der Waals surface area (Å²) in [6.07, 6.45) is 6.90. The van der Waals surface area contributed by atoms with E-state index in [9.17, 15) is 9.59 Å². The van der Waals surface area contributed by atoms with Gasteiger partial charge in [-0.25, -0.2) is 0 Å². The highest BCUT2D eigenvalue weighted by Gasteiger charge is 2.50. The zero-order valence-electron chi connectivity index (χ0n) is 21.0. The van der Waals surface area contributed by atoms with Crippen LogP contribution in [0.15, 0.2) is 18.2 Å². The first kappa shape index (κ1) is 23.3. The molecule has 0 unspecified atom stereocenters. The molecule has 0 radical (unpaired) electrons. The highest BCUT2D eigenvalue weighted by molar-refractivity contribution is 5.82. The summed E-state index contributed by atoms with van der Waals surface area (Å²) >= 11 is 0. The van der Waals surface area contributed by atoms with Crippen molar-refractivity contribution < 1.29 is 9.59 Å². The number of piperidine rings is 1. The summed E-state index contributed by atoms with van der Waals surface area (Å²) in [5.74, 6) is 1.16. The van der Waals surface area contributed by atoms with Gasteiger partial charge in [0.25, 0.3) is 0 Å². The van der Waals surface area contributed by atoms with Crippen molar-refractivity contribution >= 4 is 11.8 Å².